The minimum absolute atomic E-state index is 0.0100. The molecule has 0 spiro atoms. The summed E-state index contributed by atoms with van der Waals surface area (Å²) in [7, 11) is 0. The number of nitrogens with zero attached hydrogens (tertiary/aromatic N) is 5. The lowest BCUT2D eigenvalue weighted by Crippen LogP contribution is -2.49. The van der Waals surface area contributed by atoms with E-state index in [-0.39, 0.29) is 18.8 Å². The molecule has 0 saturated heterocycles. The number of halogens is 1. The van der Waals surface area contributed by atoms with Crippen molar-refractivity contribution in [3.63, 3.8) is 0 Å². The number of rotatable bonds is 9. The second-order valence-electron chi connectivity index (χ2n) is 9.79. The number of nitrogens with one attached hydrogen (secondary N) is 1. The van der Waals surface area contributed by atoms with E-state index >= 15 is 0 Å². The van der Waals surface area contributed by atoms with Gasteiger partial charge in [0.2, 0.25) is 11.8 Å². The summed E-state index contributed by atoms with van der Waals surface area (Å²) in [6.07, 6.45) is 1.75. The minimum atomic E-state index is -1.39. The predicted molar refractivity (Wildman–Crippen MR) is 154 cm³/mol. The predicted octanol–water partition coefficient (Wildman–Crippen LogP) is 3.96. The maximum absolute atomic E-state index is 14.2. The van der Waals surface area contributed by atoms with Crippen LogP contribution in [0.25, 0.3) is 32.8 Å². The van der Waals surface area contributed by atoms with Crippen LogP contribution in [0.1, 0.15) is 24.3 Å². The summed E-state index contributed by atoms with van der Waals surface area (Å²) in [4.78, 5) is 40.1. The molecule has 3 N–H and O–H groups in total. The highest BCUT2D eigenvalue weighted by Gasteiger charge is 2.29. The molecular formula is C30H28FN7O3. The molecule has 10 nitrogen and oxygen atoms in total. The number of hydrogen-bond donors (Lipinski definition) is 2. The van der Waals surface area contributed by atoms with Gasteiger partial charge in [0.25, 0.3) is 5.91 Å². The van der Waals surface area contributed by atoms with Gasteiger partial charge in [0.1, 0.15) is 18.8 Å². The Labute approximate surface area is 235 Å². The number of alkyl halides is 1. The summed E-state index contributed by atoms with van der Waals surface area (Å²) in [5.41, 5.74) is 8.17. The normalized spacial score (nSPS) is 12.7. The van der Waals surface area contributed by atoms with Crippen LogP contribution in [0.4, 0.5) is 10.1 Å². The molecule has 0 aliphatic heterocycles. The molecular weight excluding hydrogens is 525 g/mol. The number of fused-ring (bicyclic) bond motifs is 2. The van der Waals surface area contributed by atoms with Crippen LogP contribution in [0, 0.1) is 0 Å². The van der Waals surface area contributed by atoms with Crippen molar-refractivity contribution in [1.82, 2.24) is 24.9 Å². The standard InChI is InChI=1S/C30H28FN7O3/c1-18(31)16-37(19(2)30(41)35-24-9-7-20-5-3-4-6-21(20)13-24)27(39)17-38-26-10-8-22(23-11-12-33-34-15-23)14-25(26)28(36-38)29(32)40/h3-15,18-19H,16-17H2,1-2H3,(H2,32,40)(H,35,41)/t18-,19+/m1/s1. The highest BCUT2D eigenvalue weighted by molar-refractivity contribution is 6.05. The number of carbonyl (C=O) groups excluding carboxylic acids is 3. The number of benzene rings is 3. The van der Waals surface area contributed by atoms with Crippen LogP contribution in [0.2, 0.25) is 0 Å². The van der Waals surface area contributed by atoms with Crippen LogP contribution in [-0.2, 0) is 16.1 Å². The second kappa shape index (κ2) is 11.5. The molecule has 208 valence electrons. The van der Waals surface area contributed by atoms with Gasteiger partial charge in [0.05, 0.1) is 24.5 Å². The molecule has 0 bridgehead atoms. The smallest absolute Gasteiger partial charge is 0.269 e. The van der Waals surface area contributed by atoms with Crippen molar-refractivity contribution < 1.29 is 18.8 Å². The van der Waals surface area contributed by atoms with Gasteiger partial charge in [-0.1, -0.05) is 36.4 Å². The van der Waals surface area contributed by atoms with Gasteiger partial charge in [0.15, 0.2) is 5.69 Å². The molecule has 0 aliphatic carbocycles. The first-order chi connectivity index (χ1) is 19.7. The maximum Gasteiger partial charge on any atom is 0.269 e. The van der Waals surface area contributed by atoms with E-state index in [1.54, 1.807) is 49.6 Å². The Hall–Kier alpha value is -5.19. The number of amides is 3. The number of carbonyl (C=O) groups is 3. The Bertz CT molecular complexity index is 1750. The van der Waals surface area contributed by atoms with Crippen LogP contribution in [0.3, 0.4) is 0 Å². The van der Waals surface area contributed by atoms with Crippen molar-refractivity contribution >= 4 is 45.1 Å². The molecule has 2 aromatic heterocycles. The van der Waals surface area contributed by atoms with Crippen molar-refractivity contribution in [2.75, 3.05) is 11.9 Å². The zero-order valence-corrected chi connectivity index (χ0v) is 22.5. The zero-order valence-electron chi connectivity index (χ0n) is 22.5. The monoisotopic (exact) mass is 553 g/mol. The Kier molecular flexibility index (Phi) is 7.68. The topological polar surface area (TPSA) is 136 Å². The van der Waals surface area contributed by atoms with Crippen molar-refractivity contribution in [2.45, 2.75) is 32.6 Å². The van der Waals surface area contributed by atoms with Gasteiger partial charge in [-0.15, -0.1) is 0 Å². The van der Waals surface area contributed by atoms with Gasteiger partial charge < -0.3 is 16.0 Å². The first kappa shape index (κ1) is 27.4. The van der Waals surface area contributed by atoms with Crippen molar-refractivity contribution in [1.29, 1.82) is 0 Å². The summed E-state index contributed by atoms with van der Waals surface area (Å²) in [5, 5.41) is 17.2. The number of anilines is 1. The summed E-state index contributed by atoms with van der Waals surface area (Å²) in [6, 6.07) is 19.3. The molecule has 2 atom stereocenters. The third-order valence-electron chi connectivity index (χ3n) is 6.82. The van der Waals surface area contributed by atoms with Gasteiger partial charge in [-0.2, -0.15) is 15.3 Å². The van der Waals surface area contributed by atoms with Crippen LogP contribution < -0.4 is 11.1 Å². The summed E-state index contributed by atoms with van der Waals surface area (Å²) >= 11 is 0. The number of hydrogen-bond acceptors (Lipinski definition) is 6. The van der Waals surface area contributed by atoms with E-state index in [4.69, 9.17) is 5.73 Å². The van der Waals surface area contributed by atoms with E-state index in [9.17, 15) is 18.8 Å². The molecule has 0 saturated carbocycles. The molecule has 3 aromatic carbocycles. The molecule has 0 aliphatic rings. The molecule has 41 heavy (non-hydrogen) atoms. The average molecular weight is 554 g/mol. The summed E-state index contributed by atoms with van der Waals surface area (Å²) < 4.78 is 15.6. The van der Waals surface area contributed by atoms with Gasteiger partial charge in [0, 0.05) is 16.6 Å². The highest BCUT2D eigenvalue weighted by atomic mass is 19.1. The molecule has 0 unspecified atom stereocenters. The Morgan fingerprint density at radius 2 is 1.76 bits per heavy atom. The van der Waals surface area contributed by atoms with Crippen LogP contribution >= 0.6 is 0 Å². The summed E-state index contributed by atoms with van der Waals surface area (Å²) in [6.45, 7) is 2.23. The molecule has 11 heteroatoms. The number of aromatic nitrogens is 4. The minimum Gasteiger partial charge on any atom is -0.364 e. The largest absolute Gasteiger partial charge is 0.364 e. The van der Waals surface area contributed by atoms with E-state index in [1.165, 1.54) is 16.5 Å². The van der Waals surface area contributed by atoms with E-state index in [0.717, 1.165) is 21.9 Å². The molecule has 5 rings (SSSR count). The van der Waals surface area contributed by atoms with Gasteiger partial charge in [-0.3, -0.25) is 19.1 Å². The number of primary amides is 1. The lowest BCUT2D eigenvalue weighted by Gasteiger charge is -2.29. The fourth-order valence-corrected chi connectivity index (χ4v) is 4.74. The molecule has 3 amide bonds. The van der Waals surface area contributed by atoms with Crippen LogP contribution in [0.15, 0.2) is 79.1 Å². The molecule has 0 fully saturated rings. The van der Waals surface area contributed by atoms with Crippen LogP contribution in [0.5, 0.6) is 0 Å². The van der Waals surface area contributed by atoms with E-state index in [2.05, 4.69) is 20.6 Å². The fourth-order valence-electron chi connectivity index (χ4n) is 4.74. The lowest BCUT2D eigenvalue weighted by atomic mass is 10.0. The molecule has 2 heterocycles. The van der Waals surface area contributed by atoms with Crippen molar-refractivity contribution in [3.8, 4) is 11.1 Å². The number of nitrogens with two attached hydrogens (primary N) is 1. The second-order valence-corrected chi connectivity index (χ2v) is 9.79. The van der Waals surface area contributed by atoms with Crippen LogP contribution in [-0.4, -0.2) is 61.4 Å². The third-order valence-corrected chi connectivity index (χ3v) is 6.82. The van der Waals surface area contributed by atoms with Gasteiger partial charge in [-0.25, -0.2) is 4.39 Å². The zero-order chi connectivity index (χ0) is 29.1. The van der Waals surface area contributed by atoms with E-state index in [1.807, 2.05) is 36.4 Å². The van der Waals surface area contributed by atoms with Gasteiger partial charge in [-0.05, 0) is 60.5 Å². The average Bonchev–Trinajstić information content (AvgIpc) is 3.33. The highest BCUT2D eigenvalue weighted by Crippen LogP contribution is 2.26. The Morgan fingerprint density at radius 3 is 2.46 bits per heavy atom. The van der Waals surface area contributed by atoms with Gasteiger partial charge >= 0.3 is 0 Å². The van der Waals surface area contributed by atoms with E-state index < -0.39 is 29.9 Å². The van der Waals surface area contributed by atoms with E-state index in [0.29, 0.717) is 16.6 Å². The maximum atomic E-state index is 14.2. The Morgan fingerprint density at radius 1 is 0.976 bits per heavy atom. The SMILES string of the molecule is C[C@@H](F)CN(C(=O)Cn1nc(C(N)=O)c2cc(-c3ccnnc3)ccc21)[C@@H](C)C(=O)Nc1ccc2ccccc2c1. The third kappa shape index (κ3) is 5.88. The molecule has 5 aromatic rings. The summed E-state index contributed by atoms with van der Waals surface area (Å²) in [5.74, 6) is -1.77. The van der Waals surface area contributed by atoms with Crippen molar-refractivity contribution in [2.24, 2.45) is 5.73 Å². The Balaban J connectivity index is 1.40. The molecule has 0 radical (unpaired) electrons. The first-order valence-electron chi connectivity index (χ1n) is 13.0. The lowest BCUT2D eigenvalue weighted by molar-refractivity contribution is -0.139. The van der Waals surface area contributed by atoms with Crippen molar-refractivity contribution in [3.05, 3.63) is 84.8 Å². The first-order valence-corrected chi connectivity index (χ1v) is 13.0. The fraction of sp³-hybridized carbons (Fsp3) is 0.200. The quantitative estimate of drug-likeness (QED) is 0.284.